The lowest BCUT2D eigenvalue weighted by Gasteiger charge is -2.27. The van der Waals surface area contributed by atoms with E-state index in [-0.39, 0.29) is 5.41 Å². The zero-order chi connectivity index (χ0) is 31.7. The molecule has 0 aliphatic carbocycles. The number of hydrogen-bond acceptors (Lipinski definition) is 5. The highest BCUT2D eigenvalue weighted by atomic mass is 16.5. The fraction of sp³-hybridized carbons (Fsp3) is 0.351. The summed E-state index contributed by atoms with van der Waals surface area (Å²) in [6.07, 6.45) is 9.57. The number of aromatic nitrogens is 2. The average Bonchev–Trinajstić information content (AvgIpc) is 3.02. The first-order chi connectivity index (χ1) is 21.0. The van der Waals surface area contributed by atoms with Gasteiger partial charge < -0.3 is 15.2 Å². The number of carbonyl (C=O) groups excluding carboxylic acids is 1. The Morgan fingerprint density at radius 2 is 1.30 bits per heavy atom. The maximum atomic E-state index is 13.0. The number of benzene rings is 3. The molecule has 0 aliphatic rings. The predicted octanol–water partition coefficient (Wildman–Crippen LogP) is 8.19. The second-order valence-electron chi connectivity index (χ2n) is 12.4. The summed E-state index contributed by atoms with van der Waals surface area (Å²) in [5, 5.41) is 12.8. The molecule has 0 aliphatic heterocycles. The highest BCUT2D eigenvalue weighted by Crippen LogP contribution is 2.27. The van der Waals surface area contributed by atoms with Gasteiger partial charge in [0, 0.05) is 29.1 Å². The third kappa shape index (κ3) is 8.10. The molecule has 1 aromatic heterocycles. The molecule has 3 aromatic carbocycles. The highest BCUT2D eigenvalue weighted by molar-refractivity contribution is 5.98. The molecule has 0 unspecified atom stereocenters. The number of carboxylic acid groups (broad SMARTS) is 1. The van der Waals surface area contributed by atoms with Crippen LogP contribution in [0, 0.1) is 0 Å². The van der Waals surface area contributed by atoms with Crippen molar-refractivity contribution in [1.29, 1.82) is 0 Å². The molecule has 0 radical (unpaired) electrons. The van der Waals surface area contributed by atoms with Gasteiger partial charge in [0.2, 0.25) is 0 Å². The van der Waals surface area contributed by atoms with E-state index in [4.69, 9.17) is 4.74 Å². The molecule has 1 heterocycles. The molecule has 44 heavy (non-hydrogen) atoms. The van der Waals surface area contributed by atoms with Gasteiger partial charge in [-0.2, -0.15) is 0 Å². The van der Waals surface area contributed by atoms with Crippen LogP contribution in [0.3, 0.4) is 0 Å². The summed E-state index contributed by atoms with van der Waals surface area (Å²) in [5.41, 5.74) is 2.85. The summed E-state index contributed by atoms with van der Waals surface area (Å²) in [6, 6.07) is 22.1. The lowest BCUT2D eigenvalue weighted by Crippen LogP contribution is -2.49. The minimum atomic E-state index is -1.63. The Balaban J connectivity index is 1.40. The first-order valence-electron chi connectivity index (χ1n) is 15.3. The summed E-state index contributed by atoms with van der Waals surface area (Å²) in [6.45, 7) is 10.7. The third-order valence-electron chi connectivity index (χ3n) is 7.88. The quantitative estimate of drug-likeness (QED) is 0.152. The fourth-order valence-electron chi connectivity index (χ4n) is 4.89. The predicted molar refractivity (Wildman–Crippen MR) is 175 cm³/mol. The van der Waals surface area contributed by atoms with E-state index < -0.39 is 17.4 Å². The Bertz CT molecular complexity index is 1520. The van der Waals surface area contributed by atoms with Gasteiger partial charge in [0.1, 0.15) is 5.75 Å². The number of nitrogens with zero attached hydrogens (tertiary/aromatic N) is 2. The maximum absolute atomic E-state index is 13.0. The Hall–Kier alpha value is -4.52. The SMILES string of the molecule is CCCCCCCOc1ccc(-c2cnc(-c3ccc([C@](C)(NC(=O)c4ccc(C(C)(C)C)cc4)C(=O)O)cc3)nc2)cc1. The van der Waals surface area contributed by atoms with Gasteiger partial charge in [-0.05, 0) is 59.7 Å². The molecule has 4 rings (SSSR count). The number of unbranched alkanes of at least 4 members (excludes halogenated alkanes) is 4. The van der Waals surface area contributed by atoms with E-state index in [0.29, 0.717) is 17.0 Å². The second kappa shape index (κ2) is 14.3. The Kier molecular flexibility index (Phi) is 10.5. The molecular formula is C37H43N3O4. The number of hydrogen-bond donors (Lipinski definition) is 2. The molecule has 0 spiro atoms. The summed E-state index contributed by atoms with van der Waals surface area (Å²) in [5.74, 6) is -0.248. The zero-order valence-corrected chi connectivity index (χ0v) is 26.4. The van der Waals surface area contributed by atoms with Crippen molar-refractivity contribution in [2.24, 2.45) is 0 Å². The van der Waals surface area contributed by atoms with Crippen molar-refractivity contribution in [2.75, 3.05) is 6.61 Å². The molecule has 0 saturated carbocycles. The summed E-state index contributed by atoms with van der Waals surface area (Å²) in [7, 11) is 0. The van der Waals surface area contributed by atoms with Gasteiger partial charge in [-0.3, -0.25) is 4.79 Å². The van der Waals surface area contributed by atoms with Crippen molar-refractivity contribution < 1.29 is 19.4 Å². The van der Waals surface area contributed by atoms with Gasteiger partial charge in [-0.1, -0.05) is 102 Å². The van der Waals surface area contributed by atoms with Crippen LogP contribution in [0.2, 0.25) is 0 Å². The average molecular weight is 594 g/mol. The molecule has 230 valence electrons. The number of rotatable bonds is 13. The van der Waals surface area contributed by atoms with E-state index in [1.807, 2.05) is 36.4 Å². The lowest BCUT2D eigenvalue weighted by molar-refractivity contribution is -0.144. The second-order valence-corrected chi connectivity index (χ2v) is 12.4. The van der Waals surface area contributed by atoms with Crippen LogP contribution in [-0.4, -0.2) is 33.6 Å². The van der Waals surface area contributed by atoms with Crippen molar-refractivity contribution in [2.45, 2.75) is 77.7 Å². The smallest absolute Gasteiger partial charge is 0.333 e. The topological polar surface area (TPSA) is 101 Å². The Morgan fingerprint density at radius 1 is 0.727 bits per heavy atom. The summed E-state index contributed by atoms with van der Waals surface area (Å²) >= 11 is 0. The molecule has 1 atom stereocenters. The van der Waals surface area contributed by atoms with Gasteiger partial charge in [0.15, 0.2) is 11.4 Å². The minimum Gasteiger partial charge on any atom is -0.494 e. The first-order valence-corrected chi connectivity index (χ1v) is 15.3. The van der Waals surface area contributed by atoms with Crippen LogP contribution in [-0.2, 0) is 15.7 Å². The largest absolute Gasteiger partial charge is 0.494 e. The van der Waals surface area contributed by atoms with Crippen molar-refractivity contribution >= 4 is 11.9 Å². The van der Waals surface area contributed by atoms with Gasteiger partial charge in [-0.15, -0.1) is 0 Å². The lowest BCUT2D eigenvalue weighted by atomic mass is 9.86. The fourth-order valence-corrected chi connectivity index (χ4v) is 4.89. The first kappa shape index (κ1) is 32.4. The number of ether oxygens (including phenoxy) is 1. The van der Waals surface area contributed by atoms with E-state index in [0.717, 1.165) is 41.0 Å². The molecule has 4 aromatic rings. The summed E-state index contributed by atoms with van der Waals surface area (Å²) < 4.78 is 5.87. The number of carbonyl (C=O) groups is 2. The minimum absolute atomic E-state index is 0.0515. The molecular weight excluding hydrogens is 550 g/mol. The number of nitrogens with one attached hydrogen (secondary N) is 1. The Morgan fingerprint density at radius 3 is 1.86 bits per heavy atom. The number of aliphatic carboxylic acids is 1. The van der Waals surface area contributed by atoms with Gasteiger partial charge >= 0.3 is 5.97 Å². The zero-order valence-electron chi connectivity index (χ0n) is 26.4. The normalized spacial score (nSPS) is 12.8. The van der Waals surface area contributed by atoms with Crippen molar-refractivity contribution in [3.05, 3.63) is 102 Å². The van der Waals surface area contributed by atoms with Gasteiger partial charge in [0.05, 0.1) is 6.61 Å². The van der Waals surface area contributed by atoms with Crippen LogP contribution in [0.1, 0.15) is 88.2 Å². The monoisotopic (exact) mass is 593 g/mol. The Labute approximate surface area is 260 Å². The van der Waals surface area contributed by atoms with E-state index in [1.165, 1.54) is 32.6 Å². The standard InChI is InChI=1S/C37H43N3O4/c1-6-7-8-9-10-23-44-32-21-15-26(16-22-32)29-24-38-33(39-25-29)27-11-19-31(20-12-27)37(5,35(42)43)40-34(41)28-13-17-30(18-14-28)36(2,3)4/h11-22,24-25H,6-10,23H2,1-5H3,(H,40,41)(H,42,43)/t37-/m0/s1. The number of carboxylic acids is 1. The van der Waals surface area contributed by atoms with Crippen LogP contribution < -0.4 is 10.1 Å². The molecule has 0 bridgehead atoms. The molecule has 1 amide bonds. The molecule has 0 fully saturated rings. The van der Waals surface area contributed by atoms with Gasteiger partial charge in [0.25, 0.3) is 5.91 Å². The summed E-state index contributed by atoms with van der Waals surface area (Å²) in [4.78, 5) is 34.5. The highest BCUT2D eigenvalue weighted by Gasteiger charge is 2.37. The van der Waals surface area contributed by atoms with Gasteiger partial charge in [-0.25, -0.2) is 14.8 Å². The van der Waals surface area contributed by atoms with E-state index >= 15 is 0 Å². The van der Waals surface area contributed by atoms with Crippen LogP contribution >= 0.6 is 0 Å². The van der Waals surface area contributed by atoms with Crippen LogP contribution in [0.15, 0.2) is 85.2 Å². The maximum Gasteiger partial charge on any atom is 0.333 e. The van der Waals surface area contributed by atoms with E-state index in [1.54, 1.807) is 48.8 Å². The van der Waals surface area contributed by atoms with E-state index in [9.17, 15) is 14.7 Å². The van der Waals surface area contributed by atoms with Crippen molar-refractivity contribution in [3.8, 4) is 28.3 Å². The molecule has 7 heteroatoms. The van der Waals surface area contributed by atoms with Crippen molar-refractivity contribution in [3.63, 3.8) is 0 Å². The van der Waals surface area contributed by atoms with Crippen LogP contribution in [0.4, 0.5) is 0 Å². The molecule has 7 nitrogen and oxygen atoms in total. The van der Waals surface area contributed by atoms with Crippen LogP contribution in [0.25, 0.3) is 22.5 Å². The van der Waals surface area contributed by atoms with Crippen molar-refractivity contribution in [1.82, 2.24) is 15.3 Å². The third-order valence-corrected chi connectivity index (χ3v) is 7.88. The van der Waals surface area contributed by atoms with Crippen LogP contribution in [0.5, 0.6) is 5.75 Å². The number of amides is 1. The molecule has 2 N–H and O–H groups in total. The molecule has 0 saturated heterocycles. The van der Waals surface area contributed by atoms with E-state index in [2.05, 4.69) is 43.0 Å².